The molecule has 1 aromatic carbocycles. The Hall–Kier alpha value is -2.44. The lowest BCUT2D eigenvalue weighted by Gasteiger charge is -2.11. The molecular formula is C17H22O6. The van der Waals surface area contributed by atoms with Crippen molar-refractivity contribution in [1.82, 2.24) is 0 Å². The van der Waals surface area contributed by atoms with Crippen molar-refractivity contribution in [3.63, 3.8) is 0 Å². The van der Waals surface area contributed by atoms with Crippen molar-refractivity contribution in [2.24, 2.45) is 0 Å². The number of benzene rings is 1. The first-order valence-electron chi connectivity index (χ1n) is 6.84. The fourth-order valence-electron chi connectivity index (χ4n) is 1.17. The highest BCUT2D eigenvalue weighted by Crippen LogP contribution is 2.01. The van der Waals surface area contributed by atoms with Crippen LogP contribution in [0, 0.1) is 0 Å². The molecule has 0 aliphatic heterocycles. The zero-order valence-corrected chi connectivity index (χ0v) is 13.1. The number of rotatable bonds is 8. The Morgan fingerprint density at radius 3 is 2.30 bits per heavy atom. The summed E-state index contributed by atoms with van der Waals surface area (Å²) >= 11 is 0. The first-order chi connectivity index (χ1) is 10.9. The van der Waals surface area contributed by atoms with Crippen molar-refractivity contribution in [2.45, 2.75) is 19.6 Å². The summed E-state index contributed by atoms with van der Waals surface area (Å²) in [6.45, 7) is 8.32. The molecule has 23 heavy (non-hydrogen) atoms. The molecule has 0 saturated heterocycles. The maximum Gasteiger partial charge on any atom is 0.330 e. The van der Waals surface area contributed by atoms with Gasteiger partial charge in [0.25, 0.3) is 0 Å². The molecule has 0 amide bonds. The third-order valence-corrected chi connectivity index (χ3v) is 2.37. The van der Waals surface area contributed by atoms with Crippen LogP contribution in [0.2, 0.25) is 0 Å². The molecule has 1 rings (SSSR count). The van der Waals surface area contributed by atoms with E-state index < -0.39 is 18.0 Å². The van der Waals surface area contributed by atoms with E-state index in [0.29, 0.717) is 6.61 Å². The van der Waals surface area contributed by atoms with Gasteiger partial charge in [0.15, 0.2) is 0 Å². The lowest BCUT2D eigenvalue weighted by Crippen LogP contribution is -2.23. The number of hydrogen-bond donors (Lipinski definition) is 2. The zero-order valence-electron chi connectivity index (χ0n) is 13.1. The fraction of sp³-hybridized carbons (Fsp3) is 0.294. The van der Waals surface area contributed by atoms with E-state index in [-0.39, 0.29) is 18.8 Å². The van der Waals surface area contributed by atoms with Gasteiger partial charge in [-0.2, -0.15) is 0 Å². The number of aliphatic hydroxyl groups is 1. The summed E-state index contributed by atoms with van der Waals surface area (Å²) in [4.78, 5) is 20.3. The van der Waals surface area contributed by atoms with Gasteiger partial charge in [0.1, 0.15) is 12.7 Å². The van der Waals surface area contributed by atoms with Crippen molar-refractivity contribution in [3.8, 4) is 0 Å². The van der Waals surface area contributed by atoms with Gasteiger partial charge in [-0.15, -0.1) is 0 Å². The van der Waals surface area contributed by atoms with Gasteiger partial charge < -0.3 is 19.7 Å². The maximum absolute atomic E-state index is 10.7. The molecule has 0 heterocycles. The number of carbonyl (C=O) groups excluding carboxylic acids is 1. The molecule has 1 aromatic rings. The van der Waals surface area contributed by atoms with E-state index in [1.54, 1.807) is 0 Å². The van der Waals surface area contributed by atoms with Gasteiger partial charge in [0.05, 0.1) is 13.2 Å². The molecule has 0 bridgehead atoms. The van der Waals surface area contributed by atoms with Crippen LogP contribution in [0.3, 0.4) is 0 Å². The number of aliphatic carboxylic acids is 1. The van der Waals surface area contributed by atoms with Crippen molar-refractivity contribution in [1.29, 1.82) is 0 Å². The van der Waals surface area contributed by atoms with Gasteiger partial charge in [0, 0.05) is 11.6 Å². The molecule has 126 valence electrons. The van der Waals surface area contributed by atoms with E-state index >= 15 is 0 Å². The van der Waals surface area contributed by atoms with Crippen molar-refractivity contribution >= 4 is 11.9 Å². The summed E-state index contributed by atoms with van der Waals surface area (Å²) in [6, 6.07) is 9.63. The minimum Gasteiger partial charge on any atom is -0.478 e. The molecule has 0 aliphatic rings. The van der Waals surface area contributed by atoms with Gasteiger partial charge >= 0.3 is 11.9 Å². The zero-order chi connectivity index (χ0) is 17.7. The molecule has 6 heteroatoms. The minimum atomic E-state index is -0.935. The molecule has 0 spiro atoms. The number of carbonyl (C=O) groups is 2. The summed E-state index contributed by atoms with van der Waals surface area (Å²) in [6.07, 6.45) is 0.236. The standard InChI is InChI=1S/C13H16O4.C4H6O2/c1-2-13(15)17-10-12(14)9-16-8-11-6-4-3-5-7-11;1-3(2)4(5)6/h2-7,12,14H,1,8-10H2;1H2,2H3,(H,5,6). The highest BCUT2D eigenvalue weighted by Gasteiger charge is 2.06. The Balaban J connectivity index is 0.000000688. The topological polar surface area (TPSA) is 93.1 Å². The third-order valence-electron chi connectivity index (χ3n) is 2.37. The van der Waals surface area contributed by atoms with E-state index in [0.717, 1.165) is 11.6 Å². The Labute approximate surface area is 135 Å². The molecule has 1 unspecified atom stereocenters. The summed E-state index contributed by atoms with van der Waals surface area (Å²) in [7, 11) is 0. The Morgan fingerprint density at radius 1 is 1.26 bits per heavy atom. The monoisotopic (exact) mass is 322 g/mol. The average Bonchev–Trinajstić information content (AvgIpc) is 2.54. The fourth-order valence-corrected chi connectivity index (χ4v) is 1.17. The molecule has 0 aliphatic carbocycles. The predicted octanol–water partition coefficient (Wildman–Crippen LogP) is 1.94. The van der Waals surface area contributed by atoms with Gasteiger partial charge in [-0.05, 0) is 12.5 Å². The van der Waals surface area contributed by atoms with Gasteiger partial charge in [-0.1, -0.05) is 43.5 Å². The van der Waals surface area contributed by atoms with Crippen molar-refractivity contribution in [3.05, 3.63) is 60.7 Å². The molecular weight excluding hydrogens is 300 g/mol. The SMILES string of the molecule is C=C(C)C(=O)O.C=CC(=O)OCC(O)COCc1ccccc1. The first-order valence-corrected chi connectivity index (χ1v) is 6.84. The van der Waals surface area contributed by atoms with Gasteiger partial charge in [-0.3, -0.25) is 0 Å². The number of carboxylic acid groups (broad SMARTS) is 1. The number of carboxylic acids is 1. The summed E-state index contributed by atoms with van der Waals surface area (Å²) in [5.41, 5.74) is 1.21. The molecule has 0 radical (unpaired) electrons. The highest BCUT2D eigenvalue weighted by molar-refractivity contribution is 5.84. The number of ether oxygens (including phenoxy) is 2. The van der Waals surface area contributed by atoms with Gasteiger partial charge in [0.2, 0.25) is 0 Å². The highest BCUT2D eigenvalue weighted by atomic mass is 16.5. The van der Waals surface area contributed by atoms with Crippen LogP contribution in [0.5, 0.6) is 0 Å². The van der Waals surface area contributed by atoms with E-state index in [2.05, 4.69) is 17.9 Å². The summed E-state index contributed by atoms with van der Waals surface area (Å²) < 4.78 is 9.95. The lowest BCUT2D eigenvalue weighted by molar-refractivity contribution is -0.142. The summed E-state index contributed by atoms with van der Waals surface area (Å²) in [5, 5.41) is 17.3. The van der Waals surface area contributed by atoms with Crippen LogP contribution in [0.15, 0.2) is 55.1 Å². The molecule has 6 nitrogen and oxygen atoms in total. The number of hydrogen-bond acceptors (Lipinski definition) is 5. The summed E-state index contributed by atoms with van der Waals surface area (Å²) in [5.74, 6) is -1.48. The number of esters is 1. The van der Waals surface area contributed by atoms with Crippen LogP contribution in [0.25, 0.3) is 0 Å². The van der Waals surface area contributed by atoms with Crippen LogP contribution in [-0.2, 0) is 25.7 Å². The van der Waals surface area contributed by atoms with Gasteiger partial charge in [-0.25, -0.2) is 9.59 Å². The van der Waals surface area contributed by atoms with E-state index in [9.17, 15) is 14.7 Å². The van der Waals surface area contributed by atoms with Crippen LogP contribution in [-0.4, -0.2) is 41.5 Å². The Bertz CT molecular complexity index is 497. The minimum absolute atomic E-state index is 0.0837. The number of aliphatic hydroxyl groups excluding tert-OH is 1. The molecule has 2 N–H and O–H groups in total. The van der Waals surface area contributed by atoms with Crippen LogP contribution < -0.4 is 0 Å². The van der Waals surface area contributed by atoms with Crippen molar-refractivity contribution in [2.75, 3.05) is 13.2 Å². The van der Waals surface area contributed by atoms with Crippen LogP contribution in [0.1, 0.15) is 12.5 Å². The second-order valence-corrected chi connectivity index (χ2v) is 4.57. The Kier molecular flexibility index (Phi) is 10.9. The molecule has 0 aromatic heterocycles. The largest absolute Gasteiger partial charge is 0.478 e. The smallest absolute Gasteiger partial charge is 0.330 e. The second-order valence-electron chi connectivity index (χ2n) is 4.57. The Morgan fingerprint density at radius 2 is 1.83 bits per heavy atom. The van der Waals surface area contributed by atoms with Crippen LogP contribution >= 0.6 is 0 Å². The van der Waals surface area contributed by atoms with E-state index in [1.165, 1.54) is 6.92 Å². The molecule has 1 atom stereocenters. The van der Waals surface area contributed by atoms with Crippen LogP contribution in [0.4, 0.5) is 0 Å². The second kappa shape index (κ2) is 12.1. The van der Waals surface area contributed by atoms with E-state index in [1.807, 2.05) is 30.3 Å². The lowest BCUT2D eigenvalue weighted by atomic mass is 10.2. The normalized spacial score (nSPS) is 10.7. The first kappa shape index (κ1) is 20.6. The quantitative estimate of drug-likeness (QED) is 0.561. The molecule has 0 fully saturated rings. The predicted molar refractivity (Wildman–Crippen MR) is 85.7 cm³/mol. The maximum atomic E-state index is 10.7. The third kappa shape index (κ3) is 11.9. The van der Waals surface area contributed by atoms with E-state index in [4.69, 9.17) is 9.84 Å². The molecule has 0 saturated carbocycles. The van der Waals surface area contributed by atoms with Crippen molar-refractivity contribution < 1.29 is 29.3 Å². The average molecular weight is 322 g/mol.